The number of ether oxygens (including phenoxy) is 1. The van der Waals surface area contributed by atoms with Crippen molar-refractivity contribution >= 4 is 11.8 Å². The van der Waals surface area contributed by atoms with Gasteiger partial charge in [-0.25, -0.2) is 0 Å². The van der Waals surface area contributed by atoms with Crippen molar-refractivity contribution in [3.05, 3.63) is 65.2 Å². The Kier molecular flexibility index (Phi) is 6.78. The first-order chi connectivity index (χ1) is 12.5. The van der Waals surface area contributed by atoms with E-state index in [1.807, 2.05) is 55.5 Å². The van der Waals surface area contributed by atoms with Crippen molar-refractivity contribution in [3.63, 3.8) is 0 Å². The molecule has 0 aliphatic heterocycles. The van der Waals surface area contributed by atoms with Crippen LogP contribution in [0.1, 0.15) is 23.6 Å². The Morgan fingerprint density at radius 3 is 2.35 bits per heavy atom. The Hall–Kier alpha value is -2.82. The average Bonchev–Trinajstić information content (AvgIpc) is 2.66. The summed E-state index contributed by atoms with van der Waals surface area (Å²) in [5.74, 6) is 0.480. The maximum absolute atomic E-state index is 13.0. The Morgan fingerprint density at radius 1 is 1.12 bits per heavy atom. The molecule has 26 heavy (non-hydrogen) atoms. The summed E-state index contributed by atoms with van der Waals surface area (Å²) >= 11 is 0. The largest absolute Gasteiger partial charge is 0.497 e. The van der Waals surface area contributed by atoms with Crippen LogP contribution in [0.5, 0.6) is 5.75 Å². The highest BCUT2D eigenvalue weighted by Crippen LogP contribution is 2.17. The maximum Gasteiger partial charge on any atom is 0.242 e. The van der Waals surface area contributed by atoms with E-state index in [0.29, 0.717) is 6.54 Å². The van der Waals surface area contributed by atoms with Gasteiger partial charge in [0, 0.05) is 13.6 Å². The van der Waals surface area contributed by atoms with E-state index < -0.39 is 6.04 Å². The zero-order valence-corrected chi connectivity index (χ0v) is 15.8. The summed E-state index contributed by atoms with van der Waals surface area (Å²) in [4.78, 5) is 26.7. The lowest BCUT2D eigenvalue weighted by Crippen LogP contribution is -2.47. The molecule has 2 aromatic rings. The molecule has 2 amide bonds. The number of likely N-dealkylation sites (N-methyl/N-ethyl adjacent to an activating group) is 1. The van der Waals surface area contributed by atoms with Crippen molar-refractivity contribution < 1.29 is 14.3 Å². The molecule has 0 saturated carbocycles. The first-order valence-electron chi connectivity index (χ1n) is 8.64. The summed E-state index contributed by atoms with van der Waals surface area (Å²) in [5.41, 5.74) is 3.01. The molecule has 0 heterocycles. The number of methoxy groups -OCH3 is 1. The van der Waals surface area contributed by atoms with Crippen LogP contribution in [0, 0.1) is 6.92 Å². The zero-order valence-electron chi connectivity index (χ0n) is 15.8. The van der Waals surface area contributed by atoms with Gasteiger partial charge in [0.1, 0.15) is 11.8 Å². The number of hydrogen-bond acceptors (Lipinski definition) is 3. The quantitative estimate of drug-likeness (QED) is 0.832. The lowest BCUT2D eigenvalue weighted by molar-refractivity contribution is -0.139. The van der Waals surface area contributed by atoms with Gasteiger partial charge in [-0.2, -0.15) is 0 Å². The highest BCUT2D eigenvalue weighted by atomic mass is 16.5. The molecule has 5 nitrogen and oxygen atoms in total. The van der Waals surface area contributed by atoms with Gasteiger partial charge in [-0.1, -0.05) is 36.4 Å². The van der Waals surface area contributed by atoms with Crippen LogP contribution in [0.4, 0.5) is 0 Å². The smallest absolute Gasteiger partial charge is 0.242 e. The van der Waals surface area contributed by atoms with Crippen molar-refractivity contribution in [3.8, 4) is 5.75 Å². The second-order valence-electron chi connectivity index (χ2n) is 6.26. The fourth-order valence-electron chi connectivity index (χ4n) is 2.78. The van der Waals surface area contributed by atoms with E-state index >= 15 is 0 Å². The van der Waals surface area contributed by atoms with Crippen LogP contribution in [0.2, 0.25) is 0 Å². The van der Waals surface area contributed by atoms with Crippen molar-refractivity contribution in [2.45, 2.75) is 32.9 Å². The fourth-order valence-corrected chi connectivity index (χ4v) is 2.78. The maximum atomic E-state index is 13.0. The van der Waals surface area contributed by atoms with Crippen LogP contribution in [0.3, 0.4) is 0 Å². The molecule has 0 bridgehead atoms. The van der Waals surface area contributed by atoms with E-state index in [9.17, 15) is 9.59 Å². The third-order valence-corrected chi connectivity index (χ3v) is 4.53. The van der Waals surface area contributed by atoms with Crippen LogP contribution in [-0.4, -0.2) is 36.9 Å². The number of benzene rings is 2. The lowest BCUT2D eigenvalue weighted by atomic mass is 10.1. The molecular formula is C21H26N2O3. The van der Waals surface area contributed by atoms with Crippen molar-refractivity contribution in [2.75, 3.05) is 14.2 Å². The predicted octanol–water partition coefficient (Wildman–Crippen LogP) is 2.71. The molecule has 2 aromatic carbocycles. The van der Waals surface area contributed by atoms with Gasteiger partial charge in [0.2, 0.25) is 11.8 Å². The first kappa shape index (κ1) is 19.5. The number of nitrogens with one attached hydrogen (secondary N) is 1. The van der Waals surface area contributed by atoms with Crippen LogP contribution in [-0.2, 0) is 22.6 Å². The van der Waals surface area contributed by atoms with Gasteiger partial charge >= 0.3 is 0 Å². The molecule has 0 unspecified atom stereocenters. The standard InChI is InChI=1S/C21H26N2O3/c1-15-7-5-6-8-18(15)14-23(16(2)21(25)22-3)20(24)13-17-9-11-19(26-4)12-10-17/h5-12,16H,13-14H2,1-4H3,(H,22,25)/t16-/m1/s1. The second kappa shape index (κ2) is 9.04. The molecule has 0 saturated heterocycles. The Bertz CT molecular complexity index is 756. The lowest BCUT2D eigenvalue weighted by Gasteiger charge is -2.29. The predicted molar refractivity (Wildman–Crippen MR) is 102 cm³/mol. The number of rotatable bonds is 7. The summed E-state index contributed by atoms with van der Waals surface area (Å²) in [6.07, 6.45) is 0.233. The number of aryl methyl sites for hydroxylation is 1. The van der Waals surface area contributed by atoms with Crippen molar-refractivity contribution in [2.24, 2.45) is 0 Å². The Balaban J connectivity index is 2.22. The summed E-state index contributed by atoms with van der Waals surface area (Å²) in [5, 5.41) is 2.63. The molecule has 0 aliphatic carbocycles. The SMILES string of the molecule is CNC(=O)[C@@H](C)N(Cc1ccccc1C)C(=O)Cc1ccc(OC)cc1. The summed E-state index contributed by atoms with van der Waals surface area (Å²) < 4.78 is 5.15. The van der Waals surface area contributed by atoms with Gasteiger partial charge in [0.15, 0.2) is 0 Å². The number of carbonyl (C=O) groups excluding carboxylic acids is 2. The average molecular weight is 354 g/mol. The van der Waals surface area contributed by atoms with E-state index in [2.05, 4.69) is 5.32 Å². The molecule has 0 spiro atoms. The fraction of sp³-hybridized carbons (Fsp3) is 0.333. The van der Waals surface area contributed by atoms with E-state index in [1.54, 1.807) is 26.0 Å². The summed E-state index contributed by atoms with van der Waals surface area (Å²) in [7, 11) is 3.19. The Morgan fingerprint density at radius 2 is 1.77 bits per heavy atom. The van der Waals surface area contributed by atoms with Crippen LogP contribution >= 0.6 is 0 Å². The van der Waals surface area contributed by atoms with Gasteiger partial charge in [-0.3, -0.25) is 9.59 Å². The van der Waals surface area contributed by atoms with Crippen molar-refractivity contribution in [1.29, 1.82) is 0 Å². The summed E-state index contributed by atoms with van der Waals surface area (Å²) in [6.45, 7) is 4.16. The van der Waals surface area contributed by atoms with Gasteiger partial charge in [0.05, 0.1) is 13.5 Å². The van der Waals surface area contributed by atoms with Gasteiger partial charge in [-0.15, -0.1) is 0 Å². The van der Waals surface area contributed by atoms with Crippen LogP contribution < -0.4 is 10.1 Å². The normalized spacial score (nSPS) is 11.5. The molecule has 138 valence electrons. The highest BCUT2D eigenvalue weighted by molar-refractivity contribution is 5.88. The third kappa shape index (κ3) is 4.85. The molecule has 0 fully saturated rings. The van der Waals surface area contributed by atoms with Gasteiger partial charge in [-0.05, 0) is 42.7 Å². The monoisotopic (exact) mass is 354 g/mol. The highest BCUT2D eigenvalue weighted by Gasteiger charge is 2.25. The number of nitrogens with zero attached hydrogens (tertiary/aromatic N) is 1. The number of amides is 2. The minimum atomic E-state index is -0.551. The molecule has 5 heteroatoms. The molecule has 1 N–H and O–H groups in total. The Labute approximate surface area is 155 Å². The molecule has 2 rings (SSSR count). The molecule has 0 aromatic heterocycles. The zero-order chi connectivity index (χ0) is 19.1. The molecular weight excluding hydrogens is 328 g/mol. The minimum absolute atomic E-state index is 0.0884. The number of hydrogen-bond donors (Lipinski definition) is 1. The van der Waals surface area contributed by atoms with Crippen LogP contribution in [0.15, 0.2) is 48.5 Å². The van der Waals surface area contributed by atoms with E-state index in [0.717, 1.165) is 22.4 Å². The van der Waals surface area contributed by atoms with Crippen molar-refractivity contribution in [1.82, 2.24) is 10.2 Å². The first-order valence-corrected chi connectivity index (χ1v) is 8.64. The van der Waals surface area contributed by atoms with Gasteiger partial charge < -0.3 is 15.0 Å². The van der Waals surface area contributed by atoms with Crippen LogP contribution in [0.25, 0.3) is 0 Å². The third-order valence-electron chi connectivity index (χ3n) is 4.53. The second-order valence-corrected chi connectivity index (χ2v) is 6.26. The van der Waals surface area contributed by atoms with E-state index in [1.165, 1.54) is 0 Å². The topological polar surface area (TPSA) is 58.6 Å². The number of carbonyl (C=O) groups is 2. The molecule has 1 atom stereocenters. The van der Waals surface area contributed by atoms with Gasteiger partial charge in [0.25, 0.3) is 0 Å². The summed E-state index contributed by atoms with van der Waals surface area (Å²) in [6, 6.07) is 14.7. The molecule has 0 radical (unpaired) electrons. The van der Waals surface area contributed by atoms with E-state index in [4.69, 9.17) is 4.74 Å². The minimum Gasteiger partial charge on any atom is -0.497 e. The van der Waals surface area contributed by atoms with E-state index in [-0.39, 0.29) is 18.2 Å². The molecule has 0 aliphatic rings.